The van der Waals surface area contributed by atoms with Crippen LogP contribution >= 0.6 is 0 Å². The molecule has 2 bridgehead atoms. The lowest BCUT2D eigenvalue weighted by molar-refractivity contribution is -0.117. The SMILES string of the molecule is C=C1CCC23CC(=O)CN2C(Cc2ccc(OC)cc2)C(O)C1C3. The highest BCUT2D eigenvalue weighted by Crippen LogP contribution is 2.51. The van der Waals surface area contributed by atoms with Crippen LogP contribution in [0.1, 0.15) is 31.2 Å². The number of hydrogen-bond donors (Lipinski definition) is 1. The van der Waals surface area contributed by atoms with Gasteiger partial charge in [-0.05, 0) is 43.4 Å². The summed E-state index contributed by atoms with van der Waals surface area (Å²) in [5.74, 6) is 1.28. The van der Waals surface area contributed by atoms with E-state index in [1.807, 2.05) is 12.1 Å². The third-order valence-electron chi connectivity index (χ3n) is 6.33. The zero-order valence-corrected chi connectivity index (χ0v) is 14.2. The van der Waals surface area contributed by atoms with Gasteiger partial charge >= 0.3 is 0 Å². The highest BCUT2D eigenvalue weighted by atomic mass is 16.5. The number of Topliss-reactive ketones (excluding diaryl/α,β-unsaturated/α-hetero) is 1. The standard InChI is InChI=1S/C20H25NO3/c1-13-7-8-20-10-15(22)12-21(20)18(19(23)17(13)11-20)9-14-3-5-16(24-2)6-4-14/h3-6,17-19,23H,1,7-12H2,2H3. The van der Waals surface area contributed by atoms with Gasteiger partial charge in [0.15, 0.2) is 0 Å². The van der Waals surface area contributed by atoms with Crippen molar-refractivity contribution in [3.05, 3.63) is 42.0 Å². The molecule has 1 aliphatic carbocycles. The Bertz CT molecular complexity index is 668. The molecule has 2 saturated heterocycles. The molecular weight excluding hydrogens is 302 g/mol. The summed E-state index contributed by atoms with van der Waals surface area (Å²) in [6, 6.07) is 8.00. The second-order valence-electron chi connectivity index (χ2n) is 7.65. The molecule has 128 valence electrons. The van der Waals surface area contributed by atoms with Crippen molar-refractivity contribution in [1.29, 1.82) is 0 Å². The van der Waals surface area contributed by atoms with E-state index in [-0.39, 0.29) is 17.5 Å². The summed E-state index contributed by atoms with van der Waals surface area (Å²) in [6.07, 6.45) is 3.77. The zero-order chi connectivity index (χ0) is 16.9. The van der Waals surface area contributed by atoms with Crippen LogP contribution in [0.3, 0.4) is 0 Å². The number of carbonyl (C=O) groups excluding carboxylic acids is 1. The minimum Gasteiger partial charge on any atom is -0.497 e. The van der Waals surface area contributed by atoms with Gasteiger partial charge < -0.3 is 9.84 Å². The van der Waals surface area contributed by atoms with Crippen LogP contribution in [0, 0.1) is 5.92 Å². The zero-order valence-electron chi connectivity index (χ0n) is 14.2. The molecule has 2 heterocycles. The van der Waals surface area contributed by atoms with E-state index < -0.39 is 6.10 Å². The van der Waals surface area contributed by atoms with Gasteiger partial charge in [-0.1, -0.05) is 24.3 Å². The number of rotatable bonds is 3. The van der Waals surface area contributed by atoms with Gasteiger partial charge in [0, 0.05) is 23.9 Å². The molecule has 3 aliphatic rings. The number of ether oxygens (including phenoxy) is 1. The molecule has 3 fully saturated rings. The van der Waals surface area contributed by atoms with Crippen molar-refractivity contribution in [3.63, 3.8) is 0 Å². The molecule has 4 atom stereocenters. The van der Waals surface area contributed by atoms with Crippen LogP contribution in [0.5, 0.6) is 5.75 Å². The molecule has 24 heavy (non-hydrogen) atoms. The second kappa shape index (κ2) is 5.71. The van der Waals surface area contributed by atoms with Crippen LogP contribution in [0.2, 0.25) is 0 Å². The molecular formula is C20H25NO3. The summed E-state index contributed by atoms with van der Waals surface area (Å²) in [5.41, 5.74) is 2.28. The monoisotopic (exact) mass is 327 g/mol. The normalized spacial score (nSPS) is 35.8. The third kappa shape index (κ3) is 2.40. The lowest BCUT2D eigenvalue weighted by Crippen LogP contribution is -2.63. The maximum Gasteiger partial charge on any atom is 0.148 e. The molecule has 4 unspecified atom stereocenters. The minimum atomic E-state index is -0.445. The summed E-state index contributed by atoms with van der Waals surface area (Å²) < 4.78 is 5.22. The fourth-order valence-electron chi connectivity index (χ4n) is 5.06. The lowest BCUT2D eigenvalue weighted by atomic mass is 9.64. The van der Waals surface area contributed by atoms with E-state index in [2.05, 4.69) is 23.6 Å². The molecule has 0 amide bonds. The predicted octanol–water partition coefficient (Wildman–Crippen LogP) is 2.35. The average molecular weight is 327 g/mol. The molecule has 2 aliphatic heterocycles. The highest BCUT2D eigenvalue weighted by Gasteiger charge is 2.57. The van der Waals surface area contributed by atoms with E-state index >= 15 is 0 Å². The Balaban J connectivity index is 1.64. The van der Waals surface area contributed by atoms with E-state index in [4.69, 9.17) is 4.74 Å². The van der Waals surface area contributed by atoms with Gasteiger partial charge in [-0.15, -0.1) is 0 Å². The fourth-order valence-corrected chi connectivity index (χ4v) is 5.06. The van der Waals surface area contributed by atoms with Gasteiger partial charge in [0.1, 0.15) is 11.5 Å². The minimum absolute atomic E-state index is 0.0133. The van der Waals surface area contributed by atoms with Crippen molar-refractivity contribution in [3.8, 4) is 5.75 Å². The molecule has 1 saturated carbocycles. The first-order valence-corrected chi connectivity index (χ1v) is 8.79. The third-order valence-corrected chi connectivity index (χ3v) is 6.33. The summed E-state index contributed by atoms with van der Waals surface area (Å²) in [7, 11) is 1.66. The van der Waals surface area contributed by atoms with Crippen molar-refractivity contribution in [2.75, 3.05) is 13.7 Å². The van der Waals surface area contributed by atoms with E-state index in [1.54, 1.807) is 7.11 Å². The number of aliphatic hydroxyl groups excluding tert-OH is 1. The molecule has 4 rings (SSSR count). The first kappa shape index (κ1) is 15.9. The quantitative estimate of drug-likeness (QED) is 0.866. The summed E-state index contributed by atoms with van der Waals surface area (Å²) in [5, 5.41) is 11.0. The number of aliphatic hydroxyl groups is 1. The van der Waals surface area contributed by atoms with Crippen molar-refractivity contribution in [2.24, 2.45) is 5.92 Å². The topological polar surface area (TPSA) is 49.8 Å². The average Bonchev–Trinajstić information content (AvgIpc) is 2.91. The number of methoxy groups -OCH3 is 1. The van der Waals surface area contributed by atoms with Crippen LogP contribution in [0.15, 0.2) is 36.4 Å². The Labute approximate surface area is 143 Å². The van der Waals surface area contributed by atoms with E-state index in [0.717, 1.165) is 37.0 Å². The van der Waals surface area contributed by atoms with E-state index in [9.17, 15) is 9.90 Å². The van der Waals surface area contributed by atoms with Crippen LogP contribution in [0.4, 0.5) is 0 Å². The molecule has 1 spiro atoms. The van der Waals surface area contributed by atoms with Gasteiger partial charge in [0.05, 0.1) is 19.8 Å². The number of ketones is 1. The first-order valence-electron chi connectivity index (χ1n) is 8.79. The number of benzene rings is 1. The summed E-state index contributed by atoms with van der Waals surface area (Å²) in [6.45, 7) is 4.68. The largest absolute Gasteiger partial charge is 0.497 e. The van der Waals surface area contributed by atoms with Gasteiger partial charge in [0.25, 0.3) is 0 Å². The number of piperidine rings is 1. The van der Waals surface area contributed by atoms with Gasteiger partial charge in [-0.2, -0.15) is 0 Å². The van der Waals surface area contributed by atoms with Crippen molar-refractivity contribution in [1.82, 2.24) is 4.90 Å². The van der Waals surface area contributed by atoms with Crippen molar-refractivity contribution < 1.29 is 14.6 Å². The van der Waals surface area contributed by atoms with Crippen molar-refractivity contribution >= 4 is 5.78 Å². The summed E-state index contributed by atoms with van der Waals surface area (Å²) in [4.78, 5) is 14.5. The fraction of sp³-hybridized carbons (Fsp3) is 0.550. The molecule has 4 heteroatoms. The van der Waals surface area contributed by atoms with Gasteiger partial charge in [-0.3, -0.25) is 9.69 Å². The molecule has 0 radical (unpaired) electrons. The Hall–Kier alpha value is -1.65. The van der Waals surface area contributed by atoms with Crippen LogP contribution in [-0.4, -0.2) is 47.1 Å². The smallest absolute Gasteiger partial charge is 0.148 e. The number of hydrogen-bond acceptors (Lipinski definition) is 4. The second-order valence-corrected chi connectivity index (χ2v) is 7.65. The molecule has 4 nitrogen and oxygen atoms in total. The highest BCUT2D eigenvalue weighted by molar-refractivity contribution is 5.84. The Kier molecular flexibility index (Phi) is 3.77. The van der Waals surface area contributed by atoms with E-state index in [0.29, 0.717) is 18.7 Å². The molecule has 1 N–H and O–H groups in total. The Morgan fingerprint density at radius 3 is 2.83 bits per heavy atom. The van der Waals surface area contributed by atoms with Crippen molar-refractivity contribution in [2.45, 2.75) is 49.8 Å². The molecule has 0 aromatic heterocycles. The Morgan fingerprint density at radius 1 is 1.38 bits per heavy atom. The number of fused-ring (bicyclic) bond motifs is 1. The molecule has 1 aromatic carbocycles. The molecule has 1 aromatic rings. The van der Waals surface area contributed by atoms with Crippen LogP contribution in [-0.2, 0) is 11.2 Å². The first-order chi connectivity index (χ1) is 11.5. The van der Waals surface area contributed by atoms with Crippen LogP contribution in [0.25, 0.3) is 0 Å². The van der Waals surface area contributed by atoms with E-state index in [1.165, 1.54) is 5.56 Å². The lowest BCUT2D eigenvalue weighted by Gasteiger charge is -2.55. The predicted molar refractivity (Wildman–Crippen MR) is 92.0 cm³/mol. The van der Waals surface area contributed by atoms with Gasteiger partial charge in [0.2, 0.25) is 0 Å². The number of nitrogens with zero attached hydrogens (tertiary/aromatic N) is 1. The maximum absolute atomic E-state index is 12.2. The Morgan fingerprint density at radius 2 is 2.12 bits per heavy atom. The maximum atomic E-state index is 12.2. The number of carbonyl (C=O) groups is 1. The van der Waals surface area contributed by atoms with Crippen LogP contribution < -0.4 is 4.74 Å². The van der Waals surface area contributed by atoms with Gasteiger partial charge in [-0.25, -0.2) is 0 Å². The summed E-state index contributed by atoms with van der Waals surface area (Å²) >= 11 is 0.